The Kier molecular flexibility index (Phi) is 3.06. The van der Waals surface area contributed by atoms with E-state index in [0.29, 0.717) is 11.3 Å². The van der Waals surface area contributed by atoms with Gasteiger partial charge >= 0.3 is 7.12 Å². The molecule has 2 aliphatic heterocycles. The first kappa shape index (κ1) is 13.8. The molecule has 1 aromatic heterocycles. The molecule has 2 fully saturated rings. The van der Waals surface area contributed by atoms with Gasteiger partial charge in [0, 0.05) is 13.1 Å². The van der Waals surface area contributed by atoms with Crippen LogP contribution in [0, 0.1) is 5.95 Å². The zero-order valence-corrected chi connectivity index (χ0v) is 12.4. The normalized spacial score (nSPS) is 23.9. The maximum atomic E-state index is 13.7. The fourth-order valence-corrected chi connectivity index (χ4v) is 2.32. The van der Waals surface area contributed by atoms with Crippen LogP contribution in [-0.4, -0.2) is 36.4 Å². The van der Waals surface area contributed by atoms with Crippen LogP contribution in [0.15, 0.2) is 12.1 Å². The number of nitrogens with zero attached hydrogens (tertiary/aromatic N) is 2. The summed E-state index contributed by atoms with van der Waals surface area (Å²) in [6, 6.07) is 3.26. The van der Waals surface area contributed by atoms with E-state index in [9.17, 15) is 4.39 Å². The van der Waals surface area contributed by atoms with Gasteiger partial charge in [-0.25, -0.2) is 4.98 Å². The van der Waals surface area contributed by atoms with E-state index < -0.39 is 24.3 Å². The van der Waals surface area contributed by atoms with Crippen molar-refractivity contribution in [1.82, 2.24) is 4.98 Å². The largest absolute Gasteiger partial charge is 0.495 e. The fourth-order valence-electron chi connectivity index (χ4n) is 2.32. The first-order valence-corrected chi connectivity index (χ1v) is 7.07. The lowest BCUT2D eigenvalue weighted by atomic mass is 9.79. The molecule has 0 N–H and O–H groups in total. The Bertz CT molecular complexity index is 516. The molecule has 0 amide bonds. The molecule has 3 heterocycles. The Morgan fingerprint density at radius 2 is 1.75 bits per heavy atom. The SMILES string of the molecule is CC1(C)OB(c2cc(F)nc(N3CCC3)c2)OC1(C)C. The number of pyridine rings is 1. The van der Waals surface area contributed by atoms with E-state index in [1.54, 1.807) is 0 Å². The van der Waals surface area contributed by atoms with Crippen LogP contribution in [0.4, 0.5) is 10.2 Å². The monoisotopic (exact) mass is 278 g/mol. The molecule has 0 aromatic carbocycles. The van der Waals surface area contributed by atoms with E-state index in [2.05, 4.69) is 9.88 Å². The molecule has 108 valence electrons. The van der Waals surface area contributed by atoms with Crippen LogP contribution in [0.2, 0.25) is 0 Å². The van der Waals surface area contributed by atoms with E-state index in [1.165, 1.54) is 6.07 Å². The highest BCUT2D eigenvalue weighted by Crippen LogP contribution is 2.36. The van der Waals surface area contributed by atoms with Gasteiger partial charge in [0.15, 0.2) is 0 Å². The Labute approximate surface area is 119 Å². The molecule has 0 spiro atoms. The average Bonchev–Trinajstić information content (AvgIpc) is 2.45. The third-order valence-electron chi connectivity index (χ3n) is 4.51. The van der Waals surface area contributed by atoms with Crippen LogP contribution in [-0.2, 0) is 9.31 Å². The number of hydrogen-bond donors (Lipinski definition) is 0. The van der Waals surface area contributed by atoms with Crippen LogP contribution in [0.1, 0.15) is 34.1 Å². The molecule has 3 rings (SSSR count). The summed E-state index contributed by atoms with van der Waals surface area (Å²) in [4.78, 5) is 6.00. The lowest BCUT2D eigenvalue weighted by Gasteiger charge is -2.32. The predicted octanol–water partition coefficient (Wildman–Crippen LogP) is 1.73. The lowest BCUT2D eigenvalue weighted by Crippen LogP contribution is -2.41. The van der Waals surface area contributed by atoms with E-state index in [1.807, 2.05) is 33.8 Å². The van der Waals surface area contributed by atoms with E-state index in [-0.39, 0.29) is 0 Å². The van der Waals surface area contributed by atoms with Crippen molar-refractivity contribution >= 4 is 18.4 Å². The first-order valence-electron chi connectivity index (χ1n) is 7.07. The molecule has 0 radical (unpaired) electrons. The van der Waals surface area contributed by atoms with Gasteiger partial charge in [0.05, 0.1) is 11.2 Å². The van der Waals surface area contributed by atoms with Crippen molar-refractivity contribution in [2.75, 3.05) is 18.0 Å². The summed E-state index contributed by atoms with van der Waals surface area (Å²) in [6.45, 7) is 9.81. The van der Waals surface area contributed by atoms with E-state index in [0.717, 1.165) is 19.5 Å². The van der Waals surface area contributed by atoms with Crippen LogP contribution in [0.3, 0.4) is 0 Å². The van der Waals surface area contributed by atoms with Gasteiger partial charge in [-0.3, -0.25) is 0 Å². The fraction of sp³-hybridized carbons (Fsp3) is 0.643. The van der Waals surface area contributed by atoms with Crippen molar-refractivity contribution in [2.45, 2.75) is 45.3 Å². The molecular weight excluding hydrogens is 258 g/mol. The van der Waals surface area contributed by atoms with E-state index >= 15 is 0 Å². The number of anilines is 1. The minimum absolute atomic E-state index is 0.422. The summed E-state index contributed by atoms with van der Waals surface area (Å²) >= 11 is 0. The van der Waals surface area contributed by atoms with Gasteiger partial charge in [0.25, 0.3) is 0 Å². The summed E-state index contributed by atoms with van der Waals surface area (Å²) in [5.74, 6) is 0.181. The van der Waals surface area contributed by atoms with Gasteiger partial charge in [-0.2, -0.15) is 4.39 Å². The van der Waals surface area contributed by atoms with Crippen LogP contribution >= 0.6 is 0 Å². The molecule has 20 heavy (non-hydrogen) atoms. The summed E-state index contributed by atoms with van der Waals surface area (Å²) in [5, 5.41) is 0. The van der Waals surface area contributed by atoms with Gasteiger partial charge in [-0.15, -0.1) is 0 Å². The molecule has 6 heteroatoms. The number of hydrogen-bond acceptors (Lipinski definition) is 4. The molecule has 0 atom stereocenters. The highest BCUT2D eigenvalue weighted by atomic mass is 19.1. The second-order valence-corrected chi connectivity index (χ2v) is 6.51. The Hall–Kier alpha value is -1.14. The van der Waals surface area contributed by atoms with Gasteiger partial charge in [-0.1, -0.05) is 0 Å². The second-order valence-electron chi connectivity index (χ2n) is 6.51. The van der Waals surface area contributed by atoms with Crippen LogP contribution < -0.4 is 10.4 Å². The lowest BCUT2D eigenvalue weighted by molar-refractivity contribution is 0.00578. The Balaban J connectivity index is 1.89. The standard InChI is InChI=1S/C14H20BFN2O2/c1-13(2)14(3,4)20-15(19-13)10-8-11(16)17-12(9-10)18-6-5-7-18/h8-9H,5-7H2,1-4H3. The highest BCUT2D eigenvalue weighted by Gasteiger charge is 2.52. The summed E-state index contributed by atoms with van der Waals surface area (Å²) in [5.41, 5.74) is -0.152. The van der Waals surface area contributed by atoms with Crippen molar-refractivity contribution < 1.29 is 13.7 Å². The Morgan fingerprint density at radius 3 is 2.25 bits per heavy atom. The third-order valence-corrected chi connectivity index (χ3v) is 4.51. The second kappa shape index (κ2) is 4.43. The van der Waals surface area contributed by atoms with Crippen molar-refractivity contribution in [3.05, 3.63) is 18.1 Å². The third kappa shape index (κ3) is 2.21. The first-order chi connectivity index (χ1) is 9.28. The number of rotatable bonds is 2. The van der Waals surface area contributed by atoms with Gasteiger partial charge in [-0.05, 0) is 51.7 Å². The topological polar surface area (TPSA) is 34.6 Å². The quantitative estimate of drug-likeness (QED) is 0.609. The highest BCUT2D eigenvalue weighted by molar-refractivity contribution is 6.62. The van der Waals surface area contributed by atoms with Crippen molar-refractivity contribution in [3.63, 3.8) is 0 Å². The van der Waals surface area contributed by atoms with Crippen LogP contribution in [0.25, 0.3) is 0 Å². The molecule has 1 aromatic rings. The maximum Gasteiger partial charge on any atom is 0.495 e. The molecule has 2 saturated heterocycles. The zero-order valence-electron chi connectivity index (χ0n) is 12.4. The molecule has 0 saturated carbocycles. The molecule has 0 aliphatic carbocycles. The van der Waals surface area contributed by atoms with Crippen molar-refractivity contribution in [2.24, 2.45) is 0 Å². The van der Waals surface area contributed by atoms with Gasteiger partial charge < -0.3 is 14.2 Å². The number of halogens is 1. The minimum Gasteiger partial charge on any atom is -0.399 e. The minimum atomic E-state index is -0.544. The van der Waals surface area contributed by atoms with Gasteiger partial charge in [0.1, 0.15) is 5.82 Å². The van der Waals surface area contributed by atoms with Crippen LogP contribution in [0.5, 0.6) is 0 Å². The van der Waals surface area contributed by atoms with Gasteiger partial charge in [0.2, 0.25) is 5.95 Å². The zero-order chi connectivity index (χ0) is 14.5. The smallest absolute Gasteiger partial charge is 0.399 e. The summed E-state index contributed by atoms with van der Waals surface area (Å²) < 4.78 is 25.7. The Morgan fingerprint density at radius 1 is 1.15 bits per heavy atom. The maximum absolute atomic E-state index is 13.7. The summed E-state index contributed by atoms with van der Waals surface area (Å²) in [7, 11) is -0.544. The molecule has 4 nitrogen and oxygen atoms in total. The van der Waals surface area contributed by atoms with E-state index in [4.69, 9.17) is 9.31 Å². The average molecular weight is 278 g/mol. The van der Waals surface area contributed by atoms with Crippen molar-refractivity contribution in [1.29, 1.82) is 0 Å². The predicted molar refractivity (Wildman–Crippen MR) is 76.7 cm³/mol. The van der Waals surface area contributed by atoms with Crippen molar-refractivity contribution in [3.8, 4) is 0 Å². The molecule has 2 aliphatic rings. The number of aromatic nitrogens is 1. The molecule has 0 bridgehead atoms. The molecule has 0 unspecified atom stereocenters. The molecular formula is C14H20BFN2O2. The summed E-state index contributed by atoms with van der Waals surface area (Å²) in [6.07, 6.45) is 1.13.